The van der Waals surface area contributed by atoms with Crippen molar-refractivity contribution in [3.63, 3.8) is 0 Å². The Hall–Kier alpha value is -1.53. The molecule has 0 aromatic heterocycles. The second-order valence-electron chi connectivity index (χ2n) is 20.3. The van der Waals surface area contributed by atoms with Gasteiger partial charge in [0.15, 0.2) is 0 Å². The van der Waals surface area contributed by atoms with Crippen molar-refractivity contribution in [1.82, 2.24) is 0 Å². The van der Waals surface area contributed by atoms with Crippen LogP contribution < -0.4 is 24.8 Å². The molecule has 0 amide bonds. The van der Waals surface area contributed by atoms with Gasteiger partial charge in [0.25, 0.3) is 0 Å². The summed E-state index contributed by atoms with van der Waals surface area (Å²) in [7, 11) is 0. The molecule has 0 saturated heterocycles. The third-order valence-corrected chi connectivity index (χ3v) is 19.6. The van der Waals surface area contributed by atoms with Crippen LogP contribution in [0.2, 0.25) is 0 Å². The molecule has 2 aliphatic rings. The van der Waals surface area contributed by atoms with Gasteiger partial charge in [-0.3, -0.25) is 0 Å². The fourth-order valence-electron chi connectivity index (χ4n) is 8.29. The van der Waals surface area contributed by atoms with Crippen LogP contribution in [0.5, 0.6) is 0 Å². The topological polar surface area (TPSA) is 0 Å². The zero-order valence-electron chi connectivity index (χ0n) is 35.0. The summed E-state index contributed by atoms with van der Waals surface area (Å²) in [6.07, 6.45) is 6.52. The average molecular weight is 805 g/mol. The first-order chi connectivity index (χ1) is 22.4. The van der Waals surface area contributed by atoms with E-state index in [2.05, 4.69) is 184 Å². The fourth-order valence-corrected chi connectivity index (χ4v) is 17.6. The average Bonchev–Trinajstić information content (AvgIpc) is 3.54. The van der Waals surface area contributed by atoms with Crippen LogP contribution in [0.1, 0.15) is 167 Å². The van der Waals surface area contributed by atoms with Crippen LogP contribution >= 0.6 is 0 Å². The molecule has 2 aliphatic carbocycles. The van der Waals surface area contributed by atoms with Gasteiger partial charge < -0.3 is 24.8 Å². The van der Waals surface area contributed by atoms with Crippen LogP contribution in [0, 0.1) is 11.3 Å². The molecular formula is C48H66Cl2Zr. The molecule has 0 N–H and O–H groups in total. The summed E-state index contributed by atoms with van der Waals surface area (Å²) in [6.45, 7) is 41.1. The van der Waals surface area contributed by atoms with Gasteiger partial charge in [0.2, 0.25) is 0 Å². The van der Waals surface area contributed by atoms with Gasteiger partial charge in [0, 0.05) is 0 Å². The molecule has 1 unspecified atom stereocenters. The molecule has 5 rings (SSSR count). The predicted octanol–water partition coefficient (Wildman–Crippen LogP) is 7.71. The van der Waals surface area contributed by atoms with Gasteiger partial charge in [-0.15, -0.1) is 0 Å². The van der Waals surface area contributed by atoms with E-state index in [0.29, 0.717) is 9.54 Å². The van der Waals surface area contributed by atoms with Crippen LogP contribution in [0.4, 0.5) is 0 Å². The maximum Gasteiger partial charge on any atom is -1.00 e. The second kappa shape index (κ2) is 15.0. The molecule has 0 bridgehead atoms. The molecule has 0 fully saturated rings. The van der Waals surface area contributed by atoms with Crippen molar-refractivity contribution in [3.8, 4) is 11.1 Å². The molecule has 0 heterocycles. The Morgan fingerprint density at radius 3 is 1.31 bits per heavy atom. The molecule has 3 aromatic rings. The Labute approximate surface area is 333 Å². The number of halogens is 2. The van der Waals surface area contributed by atoms with Gasteiger partial charge in [-0.25, -0.2) is 0 Å². The molecule has 0 aliphatic heterocycles. The van der Waals surface area contributed by atoms with Crippen LogP contribution in [0.25, 0.3) is 11.1 Å². The Morgan fingerprint density at radius 2 is 0.961 bits per heavy atom. The first kappa shape index (κ1) is 43.9. The van der Waals surface area contributed by atoms with Crippen LogP contribution in [0.15, 0.2) is 75.6 Å². The number of benzene rings is 3. The number of hydrogen-bond acceptors (Lipinski definition) is 0. The van der Waals surface area contributed by atoms with Crippen molar-refractivity contribution in [2.75, 3.05) is 0 Å². The van der Waals surface area contributed by atoms with E-state index >= 15 is 0 Å². The van der Waals surface area contributed by atoms with E-state index < -0.39 is 21.3 Å². The van der Waals surface area contributed by atoms with E-state index in [-0.39, 0.29) is 51.9 Å². The molecule has 0 saturated carbocycles. The molecule has 51 heavy (non-hydrogen) atoms. The summed E-state index contributed by atoms with van der Waals surface area (Å²) in [6, 6.07) is 22.2. The Morgan fingerprint density at radius 1 is 0.569 bits per heavy atom. The van der Waals surface area contributed by atoms with E-state index in [1.165, 1.54) is 44.5 Å². The smallest absolute Gasteiger partial charge is 1.00 e. The molecular weight excluding hydrogens is 739 g/mol. The summed E-state index contributed by atoms with van der Waals surface area (Å²) in [5.41, 5.74) is 15.5. The molecule has 0 radical (unpaired) electrons. The quantitative estimate of drug-likeness (QED) is 0.254. The van der Waals surface area contributed by atoms with Crippen LogP contribution in [-0.2, 0) is 42.9 Å². The fraction of sp³-hybridized carbons (Fsp3) is 0.521. The van der Waals surface area contributed by atoms with E-state index in [1.54, 1.807) is 17.6 Å². The Balaban J connectivity index is 0.00000351. The van der Waals surface area contributed by atoms with Crippen molar-refractivity contribution >= 4 is 3.21 Å². The summed E-state index contributed by atoms with van der Waals surface area (Å²) in [4.78, 5) is 0. The zero-order chi connectivity index (χ0) is 36.6. The summed E-state index contributed by atoms with van der Waals surface area (Å²) >= 11 is -2.73. The van der Waals surface area contributed by atoms with Gasteiger partial charge in [-0.2, -0.15) is 0 Å². The maximum atomic E-state index is 2.71. The Bertz CT molecular complexity index is 1770. The summed E-state index contributed by atoms with van der Waals surface area (Å²) in [5, 5.41) is 0. The van der Waals surface area contributed by atoms with Gasteiger partial charge in [0.1, 0.15) is 0 Å². The monoisotopic (exact) mass is 802 g/mol. The standard InChI is InChI=1S/C29H41.C11H17.C8H8.2ClH.Zr/c1-26(2,3)22-14-18-13-19-15-23(27(4,5)6)25(29(10,11)12)17-21(19)20(18)16-24(22)28(7,8)9;1-5-9-6-7-10(8-9)11(2,3)4;1-2-8-6-4-3-5-7-8;;;/h13-17H,1-12H3;7-9H,5H2,1-4H3;3-7H,1H3;2*1H;/q;;;;;+2/p-2. The van der Waals surface area contributed by atoms with Crippen molar-refractivity contribution in [1.29, 1.82) is 0 Å². The minimum absolute atomic E-state index is 0. The van der Waals surface area contributed by atoms with Crippen LogP contribution in [-0.4, -0.2) is 3.21 Å². The molecule has 1 atom stereocenters. The number of allylic oxidation sites excluding steroid dienone is 4. The number of hydrogen-bond donors (Lipinski definition) is 0. The minimum Gasteiger partial charge on any atom is -1.00 e. The van der Waals surface area contributed by atoms with Crippen molar-refractivity contribution < 1.29 is 46.1 Å². The number of rotatable bonds is 4. The van der Waals surface area contributed by atoms with Crippen molar-refractivity contribution in [2.45, 2.75) is 149 Å². The van der Waals surface area contributed by atoms with Gasteiger partial charge in [0.05, 0.1) is 0 Å². The normalized spacial score (nSPS) is 16.8. The first-order valence-corrected chi connectivity index (χ1v) is 22.8. The zero-order valence-corrected chi connectivity index (χ0v) is 38.9. The third kappa shape index (κ3) is 8.58. The maximum absolute atomic E-state index is 2.73. The van der Waals surface area contributed by atoms with E-state index in [4.69, 9.17) is 0 Å². The molecule has 276 valence electrons. The minimum atomic E-state index is -2.73. The SMILES string of the molecule is CCC1C=C(C(C)(C)C)C=[C]1/[Zr+2](=[C](/C)c1ccccc1)[CH]1c2cc(C(C)(C)C)c(C(C)(C)C)cc2-c2cc(C(C)(C)C)c(C(C)(C)C)cc21.[Cl-].[Cl-]. The van der Waals surface area contributed by atoms with Gasteiger partial charge in [-0.1, -0.05) is 0 Å². The predicted molar refractivity (Wildman–Crippen MR) is 214 cm³/mol. The molecule has 3 heteroatoms. The Kier molecular flexibility index (Phi) is 12.9. The van der Waals surface area contributed by atoms with Crippen LogP contribution in [0.3, 0.4) is 0 Å². The van der Waals surface area contributed by atoms with Gasteiger partial charge >= 0.3 is 311 Å². The van der Waals surface area contributed by atoms with E-state index in [1.807, 2.05) is 0 Å². The molecule has 3 aromatic carbocycles. The summed E-state index contributed by atoms with van der Waals surface area (Å²) < 4.78 is 3.88. The van der Waals surface area contributed by atoms with Crippen molar-refractivity contribution in [3.05, 3.63) is 115 Å². The molecule has 0 spiro atoms. The van der Waals surface area contributed by atoms with E-state index in [9.17, 15) is 0 Å². The van der Waals surface area contributed by atoms with Crippen molar-refractivity contribution in [2.24, 2.45) is 11.3 Å². The van der Waals surface area contributed by atoms with E-state index in [0.717, 1.165) is 6.42 Å². The summed E-state index contributed by atoms with van der Waals surface area (Å²) in [5.74, 6) is 0.515. The third-order valence-electron chi connectivity index (χ3n) is 11.1. The molecule has 0 nitrogen and oxygen atoms in total. The first-order valence-electron chi connectivity index (χ1n) is 18.9. The number of fused-ring (bicyclic) bond motifs is 3. The second-order valence-corrected chi connectivity index (χ2v) is 27.0. The largest absolute Gasteiger partial charge is 1.00 e. The van der Waals surface area contributed by atoms with Gasteiger partial charge in [-0.05, 0) is 0 Å².